The van der Waals surface area contributed by atoms with E-state index >= 15 is 0 Å². The van der Waals surface area contributed by atoms with Crippen molar-refractivity contribution in [3.05, 3.63) is 35.9 Å². The summed E-state index contributed by atoms with van der Waals surface area (Å²) in [5.41, 5.74) is 1.43. The molecule has 1 heterocycles. The fourth-order valence-electron chi connectivity index (χ4n) is 2.87. The van der Waals surface area contributed by atoms with Crippen LogP contribution in [0.25, 0.3) is 0 Å². The van der Waals surface area contributed by atoms with Gasteiger partial charge in [0.1, 0.15) is 0 Å². The number of hydrogen-bond donors (Lipinski definition) is 1. The van der Waals surface area contributed by atoms with E-state index < -0.39 is 0 Å². The van der Waals surface area contributed by atoms with Crippen LogP contribution in [0.5, 0.6) is 0 Å². The van der Waals surface area contributed by atoms with Gasteiger partial charge in [0, 0.05) is 39.3 Å². The lowest BCUT2D eigenvalue weighted by atomic mass is 10.1. The van der Waals surface area contributed by atoms with Crippen molar-refractivity contribution in [1.82, 2.24) is 15.1 Å². The average Bonchev–Trinajstić information content (AvgIpc) is 2.48. The van der Waals surface area contributed by atoms with Crippen molar-refractivity contribution < 1.29 is 0 Å². The first-order valence-corrected chi connectivity index (χ1v) is 7.97. The number of rotatable bonds is 7. The molecule has 0 amide bonds. The molecule has 0 aliphatic carbocycles. The molecule has 0 aromatic heterocycles. The number of benzene rings is 1. The fraction of sp³-hybridized carbons (Fsp3) is 0.647. The Morgan fingerprint density at radius 2 is 1.70 bits per heavy atom. The van der Waals surface area contributed by atoms with Crippen LogP contribution in [-0.2, 0) is 6.54 Å². The van der Waals surface area contributed by atoms with Crippen LogP contribution in [-0.4, -0.2) is 55.6 Å². The molecule has 1 aliphatic rings. The molecule has 0 radical (unpaired) electrons. The fourth-order valence-corrected chi connectivity index (χ4v) is 2.87. The molecule has 112 valence electrons. The molecule has 3 nitrogen and oxygen atoms in total. The average molecular weight is 275 g/mol. The van der Waals surface area contributed by atoms with Gasteiger partial charge >= 0.3 is 0 Å². The zero-order valence-corrected chi connectivity index (χ0v) is 13.0. The Bertz CT molecular complexity index is 358. The first-order chi connectivity index (χ1) is 9.78. The molecule has 2 rings (SSSR count). The molecular formula is C17H29N3. The lowest BCUT2D eigenvalue weighted by Crippen LogP contribution is -2.47. The normalized spacial score (nSPS) is 19.1. The molecule has 20 heavy (non-hydrogen) atoms. The lowest BCUT2D eigenvalue weighted by Gasteiger charge is -2.36. The summed E-state index contributed by atoms with van der Waals surface area (Å²) in [6, 6.07) is 10.8. The Balaban J connectivity index is 1.67. The van der Waals surface area contributed by atoms with Crippen LogP contribution in [0.3, 0.4) is 0 Å². The van der Waals surface area contributed by atoms with Gasteiger partial charge in [0.05, 0.1) is 0 Å². The van der Waals surface area contributed by atoms with E-state index in [4.69, 9.17) is 0 Å². The molecule has 1 N–H and O–H groups in total. The van der Waals surface area contributed by atoms with Crippen LogP contribution in [0, 0.1) is 5.92 Å². The minimum absolute atomic E-state index is 0.746. The van der Waals surface area contributed by atoms with Gasteiger partial charge < -0.3 is 10.2 Å². The molecule has 1 atom stereocenters. The van der Waals surface area contributed by atoms with Gasteiger partial charge in [-0.1, -0.05) is 44.2 Å². The van der Waals surface area contributed by atoms with Crippen LogP contribution in [0.4, 0.5) is 0 Å². The number of piperazine rings is 1. The molecule has 1 fully saturated rings. The van der Waals surface area contributed by atoms with E-state index in [0.29, 0.717) is 0 Å². The van der Waals surface area contributed by atoms with Crippen molar-refractivity contribution in [3.63, 3.8) is 0 Å². The van der Waals surface area contributed by atoms with Crippen LogP contribution < -0.4 is 5.32 Å². The maximum Gasteiger partial charge on any atom is 0.0234 e. The van der Waals surface area contributed by atoms with Gasteiger partial charge in [-0.15, -0.1) is 0 Å². The number of nitrogens with zero attached hydrogens (tertiary/aromatic N) is 2. The molecule has 1 unspecified atom stereocenters. The molecular weight excluding hydrogens is 246 g/mol. The largest absolute Gasteiger partial charge is 0.317 e. The molecule has 1 aliphatic heterocycles. The Morgan fingerprint density at radius 3 is 2.35 bits per heavy atom. The highest BCUT2D eigenvalue weighted by atomic mass is 15.3. The summed E-state index contributed by atoms with van der Waals surface area (Å²) in [6.45, 7) is 13.9. The monoisotopic (exact) mass is 275 g/mol. The molecule has 0 bridgehead atoms. The van der Waals surface area contributed by atoms with Gasteiger partial charge in [-0.2, -0.15) is 0 Å². The summed E-state index contributed by atoms with van der Waals surface area (Å²) in [5, 5.41) is 3.44. The summed E-state index contributed by atoms with van der Waals surface area (Å²) in [6.07, 6.45) is 0. The summed E-state index contributed by atoms with van der Waals surface area (Å²) in [4.78, 5) is 5.18. The van der Waals surface area contributed by atoms with E-state index in [1.54, 1.807) is 0 Å². The van der Waals surface area contributed by atoms with E-state index in [0.717, 1.165) is 25.6 Å². The van der Waals surface area contributed by atoms with Gasteiger partial charge in [-0.05, 0) is 24.6 Å². The highest BCUT2D eigenvalue weighted by Crippen LogP contribution is 2.09. The second-order valence-electron chi connectivity index (χ2n) is 5.98. The van der Waals surface area contributed by atoms with Crippen LogP contribution in [0.15, 0.2) is 30.3 Å². The summed E-state index contributed by atoms with van der Waals surface area (Å²) >= 11 is 0. The van der Waals surface area contributed by atoms with Crippen LogP contribution in [0.1, 0.15) is 19.4 Å². The second kappa shape index (κ2) is 8.40. The molecule has 1 saturated heterocycles. The van der Waals surface area contributed by atoms with Gasteiger partial charge in [-0.3, -0.25) is 4.90 Å². The van der Waals surface area contributed by atoms with Gasteiger partial charge in [0.15, 0.2) is 0 Å². The highest BCUT2D eigenvalue weighted by Gasteiger charge is 2.18. The van der Waals surface area contributed by atoms with Crippen LogP contribution >= 0.6 is 0 Å². The van der Waals surface area contributed by atoms with Crippen molar-refractivity contribution in [3.8, 4) is 0 Å². The molecule has 0 spiro atoms. The zero-order valence-electron chi connectivity index (χ0n) is 13.0. The van der Waals surface area contributed by atoms with Crippen molar-refractivity contribution in [2.75, 3.05) is 45.8 Å². The first-order valence-electron chi connectivity index (χ1n) is 7.97. The predicted molar refractivity (Wildman–Crippen MR) is 85.9 cm³/mol. The number of nitrogens with one attached hydrogen (secondary N) is 1. The smallest absolute Gasteiger partial charge is 0.0234 e. The summed E-state index contributed by atoms with van der Waals surface area (Å²) in [5.74, 6) is 0.746. The van der Waals surface area contributed by atoms with E-state index in [1.165, 1.54) is 38.3 Å². The van der Waals surface area contributed by atoms with E-state index in [2.05, 4.69) is 59.3 Å². The van der Waals surface area contributed by atoms with E-state index in [1.807, 2.05) is 0 Å². The standard InChI is InChI=1S/C17H29N3/c1-3-18-13-16(2)14-19-9-11-20(12-10-19)15-17-7-5-4-6-8-17/h4-8,16,18H,3,9-15H2,1-2H3. The quantitative estimate of drug-likeness (QED) is 0.821. The van der Waals surface area contributed by atoms with Crippen molar-refractivity contribution in [2.45, 2.75) is 20.4 Å². The molecule has 1 aromatic carbocycles. The zero-order chi connectivity index (χ0) is 14.2. The minimum Gasteiger partial charge on any atom is -0.317 e. The van der Waals surface area contributed by atoms with Gasteiger partial charge in [0.2, 0.25) is 0 Å². The Hall–Kier alpha value is -0.900. The highest BCUT2D eigenvalue weighted by molar-refractivity contribution is 5.14. The summed E-state index contributed by atoms with van der Waals surface area (Å²) in [7, 11) is 0. The van der Waals surface area contributed by atoms with Crippen molar-refractivity contribution in [2.24, 2.45) is 5.92 Å². The van der Waals surface area contributed by atoms with Gasteiger partial charge in [-0.25, -0.2) is 0 Å². The predicted octanol–water partition coefficient (Wildman–Crippen LogP) is 2.05. The first kappa shape index (κ1) is 15.5. The van der Waals surface area contributed by atoms with Crippen molar-refractivity contribution >= 4 is 0 Å². The third-order valence-corrected chi connectivity index (χ3v) is 4.03. The molecule has 3 heteroatoms. The van der Waals surface area contributed by atoms with Crippen LogP contribution in [0.2, 0.25) is 0 Å². The lowest BCUT2D eigenvalue weighted by molar-refractivity contribution is 0.115. The van der Waals surface area contributed by atoms with E-state index in [9.17, 15) is 0 Å². The van der Waals surface area contributed by atoms with E-state index in [-0.39, 0.29) is 0 Å². The Kier molecular flexibility index (Phi) is 6.51. The van der Waals surface area contributed by atoms with Gasteiger partial charge in [0.25, 0.3) is 0 Å². The molecule has 0 saturated carbocycles. The summed E-state index contributed by atoms with van der Waals surface area (Å²) < 4.78 is 0. The maximum absolute atomic E-state index is 3.44. The second-order valence-corrected chi connectivity index (χ2v) is 5.98. The third-order valence-electron chi connectivity index (χ3n) is 4.03. The maximum atomic E-state index is 3.44. The SMILES string of the molecule is CCNCC(C)CN1CCN(Cc2ccccc2)CC1. The Morgan fingerprint density at radius 1 is 1.05 bits per heavy atom. The number of hydrogen-bond acceptors (Lipinski definition) is 3. The Labute approximate surface area is 124 Å². The van der Waals surface area contributed by atoms with Crippen molar-refractivity contribution in [1.29, 1.82) is 0 Å². The molecule has 1 aromatic rings. The topological polar surface area (TPSA) is 18.5 Å². The minimum atomic E-state index is 0.746. The third kappa shape index (κ3) is 5.23.